The summed E-state index contributed by atoms with van der Waals surface area (Å²) in [6.45, 7) is 0. The van der Waals surface area contributed by atoms with E-state index in [4.69, 9.17) is 19.9 Å². The molecule has 234 valence electrons. The van der Waals surface area contributed by atoms with Crippen molar-refractivity contribution in [2.24, 2.45) is 0 Å². The molecule has 0 N–H and O–H groups in total. The molecule has 6 aromatic carbocycles. The van der Waals surface area contributed by atoms with Crippen LogP contribution in [0.2, 0.25) is 0 Å². The molecular formula is C46H30N4. The molecule has 0 amide bonds. The van der Waals surface area contributed by atoms with Gasteiger partial charge in [0.05, 0.1) is 33.8 Å². The zero-order valence-electron chi connectivity index (χ0n) is 27.1. The summed E-state index contributed by atoms with van der Waals surface area (Å²) >= 11 is 0. The van der Waals surface area contributed by atoms with Crippen LogP contribution in [0.3, 0.4) is 0 Å². The lowest BCUT2D eigenvalue weighted by Crippen LogP contribution is -1.96. The maximum Gasteiger partial charge on any atom is 0.160 e. The van der Waals surface area contributed by atoms with Gasteiger partial charge in [-0.2, -0.15) is 0 Å². The molecule has 3 heterocycles. The number of rotatable bonds is 6. The summed E-state index contributed by atoms with van der Waals surface area (Å²) in [7, 11) is 0. The second kappa shape index (κ2) is 12.7. The first kappa shape index (κ1) is 29.4. The van der Waals surface area contributed by atoms with Crippen LogP contribution >= 0.6 is 0 Å². The quantitative estimate of drug-likeness (QED) is 0.170. The zero-order chi connectivity index (χ0) is 33.3. The van der Waals surface area contributed by atoms with Crippen LogP contribution in [0.15, 0.2) is 182 Å². The number of hydrogen-bond acceptors (Lipinski definition) is 4. The lowest BCUT2D eigenvalue weighted by molar-refractivity contribution is 1.18. The lowest BCUT2D eigenvalue weighted by atomic mass is 9.95. The van der Waals surface area contributed by atoms with Crippen LogP contribution in [-0.2, 0) is 0 Å². The van der Waals surface area contributed by atoms with Crippen molar-refractivity contribution in [2.45, 2.75) is 0 Å². The topological polar surface area (TPSA) is 51.6 Å². The molecule has 50 heavy (non-hydrogen) atoms. The Morgan fingerprint density at radius 1 is 0.280 bits per heavy atom. The first-order chi connectivity index (χ1) is 24.8. The van der Waals surface area contributed by atoms with Crippen molar-refractivity contribution in [3.8, 4) is 67.5 Å². The number of aromatic nitrogens is 4. The highest BCUT2D eigenvalue weighted by Gasteiger charge is 2.16. The second-order valence-corrected chi connectivity index (χ2v) is 12.3. The Labute approximate surface area is 290 Å². The molecule has 9 rings (SSSR count). The summed E-state index contributed by atoms with van der Waals surface area (Å²) in [6, 6.07) is 62.6. The van der Waals surface area contributed by atoms with Gasteiger partial charge in [-0.15, -0.1) is 0 Å². The summed E-state index contributed by atoms with van der Waals surface area (Å²) in [5, 5.41) is 2.09. The van der Waals surface area contributed by atoms with Crippen molar-refractivity contribution >= 4 is 21.8 Å². The third-order valence-electron chi connectivity index (χ3n) is 9.08. The summed E-state index contributed by atoms with van der Waals surface area (Å²) in [4.78, 5) is 20.7. The Kier molecular flexibility index (Phi) is 7.45. The standard InChI is InChI=1S/C46H30N4/c1-5-14-31(15-6-1)40-27-25-35-24-26-38-39(29-41(32-16-7-2-8-17-32)48-45(38)44(35)47-40)36-22-13-23-37(28-36)46-49-42(33-18-9-3-10-19-33)30-43(50-46)34-20-11-4-12-21-34/h1-30H. The van der Waals surface area contributed by atoms with Gasteiger partial charge in [-0.25, -0.2) is 19.9 Å². The number of nitrogens with zero attached hydrogens (tertiary/aromatic N) is 4. The fraction of sp³-hybridized carbons (Fsp3) is 0. The molecule has 0 bridgehead atoms. The van der Waals surface area contributed by atoms with E-state index in [1.807, 2.05) is 60.7 Å². The van der Waals surface area contributed by atoms with Gasteiger partial charge in [0.1, 0.15) is 0 Å². The number of pyridine rings is 2. The fourth-order valence-corrected chi connectivity index (χ4v) is 6.55. The average Bonchev–Trinajstić information content (AvgIpc) is 3.21. The van der Waals surface area contributed by atoms with Crippen LogP contribution in [0.25, 0.3) is 89.4 Å². The lowest BCUT2D eigenvalue weighted by Gasteiger charge is -2.14. The first-order valence-corrected chi connectivity index (χ1v) is 16.7. The summed E-state index contributed by atoms with van der Waals surface area (Å²) in [5.74, 6) is 0.674. The Hall–Kier alpha value is -6.78. The molecule has 0 aliphatic rings. The largest absolute Gasteiger partial charge is 0.245 e. The highest BCUT2D eigenvalue weighted by Crippen LogP contribution is 2.37. The van der Waals surface area contributed by atoms with E-state index in [1.54, 1.807) is 0 Å². The smallest absolute Gasteiger partial charge is 0.160 e. The van der Waals surface area contributed by atoms with Gasteiger partial charge < -0.3 is 0 Å². The SMILES string of the molecule is c1ccc(-c2cc(-c3ccccc3)nc(-c3cccc(-c4cc(-c5ccccc5)nc5c4ccc4ccc(-c6ccccc6)nc45)c3)n2)cc1. The van der Waals surface area contributed by atoms with Gasteiger partial charge in [0.15, 0.2) is 5.82 Å². The number of hydrogen-bond donors (Lipinski definition) is 0. The third kappa shape index (κ3) is 5.59. The van der Waals surface area contributed by atoms with Crippen LogP contribution in [0.1, 0.15) is 0 Å². The molecule has 0 atom stereocenters. The Morgan fingerprint density at radius 2 is 0.740 bits per heavy atom. The van der Waals surface area contributed by atoms with Gasteiger partial charge in [0, 0.05) is 38.6 Å². The molecule has 3 aromatic heterocycles. The van der Waals surface area contributed by atoms with Crippen molar-refractivity contribution in [3.63, 3.8) is 0 Å². The van der Waals surface area contributed by atoms with Crippen molar-refractivity contribution in [2.75, 3.05) is 0 Å². The molecule has 9 aromatic rings. The van der Waals surface area contributed by atoms with Crippen molar-refractivity contribution < 1.29 is 0 Å². The van der Waals surface area contributed by atoms with E-state index >= 15 is 0 Å². The molecular weight excluding hydrogens is 609 g/mol. The highest BCUT2D eigenvalue weighted by molar-refractivity contribution is 6.09. The predicted molar refractivity (Wildman–Crippen MR) is 205 cm³/mol. The Balaban J connectivity index is 1.25. The maximum absolute atomic E-state index is 5.28. The molecule has 0 fully saturated rings. The molecule has 0 saturated heterocycles. The molecule has 0 unspecified atom stereocenters. The van der Waals surface area contributed by atoms with Crippen molar-refractivity contribution in [3.05, 3.63) is 182 Å². The minimum atomic E-state index is 0.674. The number of benzene rings is 6. The molecule has 0 aliphatic carbocycles. The van der Waals surface area contributed by atoms with Gasteiger partial charge in [0.25, 0.3) is 0 Å². The summed E-state index contributed by atoms with van der Waals surface area (Å²) in [6.07, 6.45) is 0. The molecule has 0 spiro atoms. The van der Waals surface area contributed by atoms with Crippen LogP contribution < -0.4 is 0 Å². The van der Waals surface area contributed by atoms with Crippen molar-refractivity contribution in [1.82, 2.24) is 19.9 Å². The first-order valence-electron chi connectivity index (χ1n) is 16.7. The van der Waals surface area contributed by atoms with Crippen LogP contribution in [0.4, 0.5) is 0 Å². The normalized spacial score (nSPS) is 11.2. The molecule has 0 aliphatic heterocycles. The molecule has 4 heteroatoms. The minimum Gasteiger partial charge on any atom is -0.245 e. The van der Waals surface area contributed by atoms with Gasteiger partial charge >= 0.3 is 0 Å². The monoisotopic (exact) mass is 638 g/mol. The second-order valence-electron chi connectivity index (χ2n) is 12.3. The third-order valence-corrected chi connectivity index (χ3v) is 9.08. The molecule has 4 nitrogen and oxygen atoms in total. The van der Waals surface area contributed by atoms with E-state index in [0.717, 1.165) is 83.5 Å². The van der Waals surface area contributed by atoms with E-state index in [2.05, 4.69) is 121 Å². The van der Waals surface area contributed by atoms with Gasteiger partial charge in [-0.1, -0.05) is 158 Å². The van der Waals surface area contributed by atoms with E-state index in [0.29, 0.717) is 5.82 Å². The molecule has 0 saturated carbocycles. The van der Waals surface area contributed by atoms with Crippen LogP contribution in [-0.4, -0.2) is 19.9 Å². The van der Waals surface area contributed by atoms with Crippen molar-refractivity contribution in [1.29, 1.82) is 0 Å². The Morgan fingerprint density at radius 3 is 1.32 bits per heavy atom. The summed E-state index contributed by atoms with van der Waals surface area (Å²) in [5.41, 5.74) is 12.6. The average molecular weight is 639 g/mol. The highest BCUT2D eigenvalue weighted by atomic mass is 14.9. The van der Waals surface area contributed by atoms with E-state index in [1.165, 1.54) is 0 Å². The number of fused-ring (bicyclic) bond motifs is 3. The minimum absolute atomic E-state index is 0.674. The summed E-state index contributed by atoms with van der Waals surface area (Å²) < 4.78 is 0. The fourth-order valence-electron chi connectivity index (χ4n) is 6.55. The van der Waals surface area contributed by atoms with Gasteiger partial charge in [0.2, 0.25) is 0 Å². The van der Waals surface area contributed by atoms with E-state index < -0.39 is 0 Å². The van der Waals surface area contributed by atoms with E-state index in [9.17, 15) is 0 Å². The van der Waals surface area contributed by atoms with Gasteiger partial charge in [-0.3, -0.25) is 0 Å². The van der Waals surface area contributed by atoms with Crippen LogP contribution in [0.5, 0.6) is 0 Å². The van der Waals surface area contributed by atoms with Crippen LogP contribution in [0, 0.1) is 0 Å². The van der Waals surface area contributed by atoms with Gasteiger partial charge in [-0.05, 0) is 35.4 Å². The van der Waals surface area contributed by atoms with E-state index in [-0.39, 0.29) is 0 Å². The predicted octanol–water partition coefficient (Wildman–Crippen LogP) is 11.6. The Bertz CT molecular complexity index is 2560. The maximum atomic E-state index is 5.28. The zero-order valence-corrected chi connectivity index (χ0v) is 27.1. The molecule has 0 radical (unpaired) electrons.